The molecule has 1 aliphatic carbocycles. The number of fused-ring (bicyclic) bond motifs is 3. The van der Waals surface area contributed by atoms with Gasteiger partial charge in [0.1, 0.15) is 22.9 Å². The fourth-order valence-electron chi connectivity index (χ4n) is 4.53. The first-order chi connectivity index (χ1) is 15.9. The van der Waals surface area contributed by atoms with Crippen molar-refractivity contribution in [3.05, 3.63) is 29.5 Å². The number of likely N-dealkylation sites (N-methyl/N-ethyl adjacent to an activating group) is 1. The van der Waals surface area contributed by atoms with E-state index in [1.807, 2.05) is 0 Å². The number of hydrogen-bond acceptors (Lipinski definition) is 6. The highest BCUT2D eigenvalue weighted by atomic mass is 32.2. The Morgan fingerprint density at radius 1 is 1.24 bits per heavy atom. The number of urea groups is 1. The van der Waals surface area contributed by atoms with Crippen LogP contribution in [0.3, 0.4) is 0 Å². The number of benzene rings is 1. The first kappa shape index (κ1) is 24.2. The molecular weight excluding hydrogens is 462 g/mol. The van der Waals surface area contributed by atoms with Crippen LogP contribution in [0.5, 0.6) is 0 Å². The average molecular weight is 492 g/mol. The summed E-state index contributed by atoms with van der Waals surface area (Å²) in [6.07, 6.45) is 3.84. The summed E-state index contributed by atoms with van der Waals surface area (Å²) in [4.78, 5) is 38.9. The second kappa shape index (κ2) is 8.70. The summed E-state index contributed by atoms with van der Waals surface area (Å²) < 4.78 is 34.0. The van der Waals surface area contributed by atoms with Crippen molar-refractivity contribution in [3.8, 4) is 0 Å². The van der Waals surface area contributed by atoms with E-state index in [0.717, 1.165) is 47.3 Å². The molecule has 1 fully saturated rings. The normalized spacial score (nSPS) is 19.0. The number of sulfonamides is 1. The lowest BCUT2D eigenvalue weighted by Crippen LogP contribution is -2.42. The average Bonchev–Trinajstić information content (AvgIpc) is 3.23. The summed E-state index contributed by atoms with van der Waals surface area (Å²) in [6.45, 7) is 3.27. The highest BCUT2D eigenvalue weighted by Crippen LogP contribution is 2.33. The number of carbonyl (C=O) groups excluding carboxylic acids is 2. The molecule has 10 nitrogen and oxygen atoms in total. The van der Waals surface area contributed by atoms with Crippen LogP contribution in [-0.2, 0) is 32.5 Å². The van der Waals surface area contributed by atoms with Gasteiger partial charge in [-0.1, -0.05) is 0 Å². The maximum atomic E-state index is 12.9. The molecule has 0 bridgehead atoms. The second-order valence-corrected chi connectivity index (χ2v) is 11.1. The van der Waals surface area contributed by atoms with E-state index in [4.69, 9.17) is 4.42 Å². The predicted molar refractivity (Wildman–Crippen MR) is 123 cm³/mol. The number of imide groups is 1. The number of furan rings is 1. The molecule has 2 aromatic rings. The van der Waals surface area contributed by atoms with Crippen molar-refractivity contribution in [3.63, 3.8) is 0 Å². The van der Waals surface area contributed by atoms with Crippen molar-refractivity contribution < 1.29 is 32.3 Å². The molecular formula is C23H29N3O7S. The van der Waals surface area contributed by atoms with Crippen LogP contribution in [-0.4, -0.2) is 66.4 Å². The third-order valence-electron chi connectivity index (χ3n) is 6.83. The number of carboxylic acids is 1. The van der Waals surface area contributed by atoms with E-state index in [1.165, 1.54) is 24.1 Å². The second-order valence-electron chi connectivity index (χ2n) is 9.38. The largest absolute Gasteiger partial charge is 0.480 e. The molecule has 0 unspecified atom stereocenters. The lowest BCUT2D eigenvalue weighted by molar-refractivity contribution is -0.139. The molecule has 34 heavy (non-hydrogen) atoms. The zero-order valence-electron chi connectivity index (χ0n) is 19.5. The highest BCUT2D eigenvalue weighted by molar-refractivity contribution is 7.89. The summed E-state index contributed by atoms with van der Waals surface area (Å²) in [5.41, 5.74) is 0.607. The number of aliphatic carboxylic acids is 1. The predicted octanol–water partition coefficient (Wildman–Crippen LogP) is 2.50. The van der Waals surface area contributed by atoms with Crippen molar-refractivity contribution >= 4 is 38.9 Å². The first-order valence-electron chi connectivity index (χ1n) is 11.3. The molecule has 2 heterocycles. The third-order valence-corrected chi connectivity index (χ3v) is 8.30. The van der Waals surface area contributed by atoms with Gasteiger partial charge in [0.2, 0.25) is 10.0 Å². The standard InChI is InChI=1S/C23H29N3O7S/c1-23(2)21(29)26(22(30)25(23)3)12-6-8-17(20(27)28)24-34(31,32)14-10-11-16-15-7-4-5-9-18(15)33-19(16)13-14/h10-11,13,17,24H,4-9,12H2,1-3H3,(H,27,28)/t17-/m0/s1. The Hall–Kier alpha value is -2.92. The van der Waals surface area contributed by atoms with Gasteiger partial charge in [0.05, 0.1) is 4.90 Å². The number of nitrogens with zero attached hydrogens (tertiary/aromatic N) is 2. The Morgan fingerprint density at radius 3 is 2.59 bits per heavy atom. The van der Waals surface area contributed by atoms with E-state index in [-0.39, 0.29) is 30.2 Å². The molecule has 2 N–H and O–H groups in total. The number of amides is 3. The van der Waals surface area contributed by atoms with Gasteiger partial charge < -0.3 is 14.4 Å². The maximum absolute atomic E-state index is 12.9. The van der Waals surface area contributed by atoms with E-state index < -0.39 is 33.6 Å². The van der Waals surface area contributed by atoms with Gasteiger partial charge in [-0.25, -0.2) is 13.2 Å². The maximum Gasteiger partial charge on any atom is 0.327 e. The monoisotopic (exact) mass is 491 g/mol. The van der Waals surface area contributed by atoms with E-state index in [1.54, 1.807) is 19.9 Å². The number of carbonyl (C=O) groups is 3. The smallest absolute Gasteiger partial charge is 0.327 e. The van der Waals surface area contributed by atoms with E-state index in [9.17, 15) is 27.9 Å². The fourth-order valence-corrected chi connectivity index (χ4v) is 5.77. The van der Waals surface area contributed by atoms with Crippen LogP contribution in [0.1, 0.15) is 50.9 Å². The van der Waals surface area contributed by atoms with Crippen molar-refractivity contribution in [2.75, 3.05) is 13.6 Å². The zero-order chi connectivity index (χ0) is 24.8. The molecule has 11 heteroatoms. The summed E-state index contributed by atoms with van der Waals surface area (Å²) in [5, 5.41) is 10.5. The number of rotatable bonds is 8. The van der Waals surface area contributed by atoms with Crippen LogP contribution in [0.2, 0.25) is 0 Å². The van der Waals surface area contributed by atoms with Gasteiger partial charge in [-0.2, -0.15) is 4.72 Å². The van der Waals surface area contributed by atoms with Crippen LogP contribution >= 0.6 is 0 Å². The van der Waals surface area contributed by atoms with Gasteiger partial charge in [-0.3, -0.25) is 14.5 Å². The number of nitrogens with one attached hydrogen (secondary N) is 1. The fraction of sp³-hybridized carbons (Fsp3) is 0.522. The van der Waals surface area contributed by atoms with Crippen LogP contribution in [0.15, 0.2) is 27.5 Å². The molecule has 4 rings (SSSR count). The van der Waals surface area contributed by atoms with Crippen LogP contribution in [0.4, 0.5) is 4.79 Å². The highest BCUT2D eigenvalue weighted by Gasteiger charge is 2.48. The molecule has 1 atom stereocenters. The molecule has 0 saturated carbocycles. The number of carboxylic acid groups (broad SMARTS) is 1. The van der Waals surface area contributed by atoms with Crippen molar-refractivity contribution in [2.45, 2.75) is 68.8 Å². The van der Waals surface area contributed by atoms with Crippen LogP contribution in [0.25, 0.3) is 11.0 Å². The van der Waals surface area contributed by atoms with Gasteiger partial charge in [-0.05, 0) is 58.1 Å². The minimum Gasteiger partial charge on any atom is -0.480 e. The molecule has 2 aliphatic rings. The van der Waals surface area contributed by atoms with Gasteiger partial charge in [0.25, 0.3) is 5.91 Å². The van der Waals surface area contributed by atoms with E-state index >= 15 is 0 Å². The van der Waals surface area contributed by atoms with E-state index in [0.29, 0.717) is 5.58 Å². The number of aryl methyl sites for hydroxylation is 2. The van der Waals surface area contributed by atoms with Crippen LogP contribution < -0.4 is 4.72 Å². The lowest BCUT2D eigenvalue weighted by atomic mass is 9.96. The SMILES string of the molecule is CN1C(=O)N(CCC[C@H](NS(=O)(=O)c2ccc3c4c(oc3c2)CCCC4)C(=O)O)C(=O)C1(C)C. The molecule has 1 saturated heterocycles. The van der Waals surface area contributed by atoms with Gasteiger partial charge in [0.15, 0.2) is 0 Å². The summed E-state index contributed by atoms with van der Waals surface area (Å²) in [5.74, 6) is -0.830. The number of hydrogen-bond donors (Lipinski definition) is 2. The Bertz CT molecular complexity index is 1260. The topological polar surface area (TPSA) is 137 Å². The Morgan fingerprint density at radius 2 is 1.94 bits per heavy atom. The Kier molecular flexibility index (Phi) is 6.19. The van der Waals surface area contributed by atoms with Crippen molar-refractivity contribution in [1.29, 1.82) is 0 Å². The van der Waals surface area contributed by atoms with Crippen molar-refractivity contribution in [1.82, 2.24) is 14.5 Å². The quantitative estimate of drug-likeness (QED) is 0.541. The molecule has 0 spiro atoms. The molecule has 3 amide bonds. The minimum atomic E-state index is -4.14. The molecule has 0 radical (unpaired) electrons. The lowest BCUT2D eigenvalue weighted by Gasteiger charge is -2.22. The zero-order valence-corrected chi connectivity index (χ0v) is 20.3. The summed E-state index contributed by atoms with van der Waals surface area (Å²) in [7, 11) is -2.61. The minimum absolute atomic E-state index is 0.000846. The van der Waals surface area contributed by atoms with Crippen LogP contribution in [0, 0.1) is 0 Å². The molecule has 1 aromatic carbocycles. The third kappa shape index (κ3) is 4.18. The van der Waals surface area contributed by atoms with E-state index in [2.05, 4.69) is 4.72 Å². The van der Waals surface area contributed by atoms with Crippen molar-refractivity contribution in [2.24, 2.45) is 0 Å². The van der Waals surface area contributed by atoms with Gasteiger partial charge in [-0.15, -0.1) is 0 Å². The Balaban J connectivity index is 1.45. The summed E-state index contributed by atoms with van der Waals surface area (Å²) >= 11 is 0. The van der Waals surface area contributed by atoms with Gasteiger partial charge >= 0.3 is 12.0 Å². The molecule has 1 aliphatic heterocycles. The molecule has 184 valence electrons. The van der Waals surface area contributed by atoms with Gasteiger partial charge in [0, 0.05) is 37.0 Å². The summed E-state index contributed by atoms with van der Waals surface area (Å²) in [6, 6.07) is 2.71. The first-order valence-corrected chi connectivity index (χ1v) is 12.8. The Labute approximate surface area is 197 Å². The molecule has 1 aromatic heterocycles.